The molecule has 0 fully saturated rings. The summed E-state index contributed by atoms with van der Waals surface area (Å²) < 4.78 is 12.3. The van der Waals surface area contributed by atoms with Crippen LogP contribution in [0.25, 0.3) is 6.08 Å². The zero-order valence-corrected chi connectivity index (χ0v) is 22.2. The number of thioether (sulfide) groups is 1. The number of benzene rings is 2. The summed E-state index contributed by atoms with van der Waals surface area (Å²) in [7, 11) is 3.11. The van der Waals surface area contributed by atoms with Crippen LogP contribution in [0.2, 0.25) is 10.0 Å². The van der Waals surface area contributed by atoms with Crippen molar-refractivity contribution < 1.29 is 19.1 Å². The number of carbonyl (C=O) groups is 2. The first-order valence-corrected chi connectivity index (χ1v) is 12.6. The molecule has 2 N–H and O–H groups in total. The minimum atomic E-state index is -0.288. The first-order chi connectivity index (χ1) is 17.3. The number of hydrogen-bond donors (Lipinski definition) is 2. The highest BCUT2D eigenvalue weighted by Crippen LogP contribution is 2.28. The topological polar surface area (TPSA) is 107 Å². The third-order valence-corrected chi connectivity index (χ3v) is 6.42. The molecule has 0 atom stereocenters. The largest absolute Gasteiger partial charge is 0.493 e. The molecule has 0 aliphatic rings. The van der Waals surface area contributed by atoms with E-state index >= 15 is 0 Å². The van der Waals surface area contributed by atoms with E-state index in [0.717, 1.165) is 5.56 Å². The van der Waals surface area contributed by atoms with E-state index in [1.54, 1.807) is 50.6 Å². The third-order valence-electron chi connectivity index (χ3n) is 4.90. The molecule has 12 heteroatoms. The van der Waals surface area contributed by atoms with Crippen LogP contribution in [0.3, 0.4) is 0 Å². The van der Waals surface area contributed by atoms with Crippen molar-refractivity contribution in [2.45, 2.75) is 25.2 Å². The Morgan fingerprint density at radius 1 is 1.08 bits per heavy atom. The van der Waals surface area contributed by atoms with Crippen LogP contribution in [0.5, 0.6) is 11.5 Å². The van der Waals surface area contributed by atoms with Gasteiger partial charge in [0, 0.05) is 17.6 Å². The van der Waals surface area contributed by atoms with Gasteiger partial charge >= 0.3 is 0 Å². The van der Waals surface area contributed by atoms with Gasteiger partial charge in [0.1, 0.15) is 0 Å². The summed E-state index contributed by atoms with van der Waals surface area (Å²) in [5, 5.41) is 15.3. The van der Waals surface area contributed by atoms with E-state index in [4.69, 9.17) is 32.7 Å². The molecule has 0 saturated heterocycles. The van der Waals surface area contributed by atoms with Crippen LogP contribution in [-0.2, 0) is 22.7 Å². The molecule has 0 spiro atoms. The molecule has 190 valence electrons. The lowest BCUT2D eigenvalue weighted by atomic mass is 10.2. The number of aromatic nitrogens is 3. The lowest BCUT2D eigenvalue weighted by Crippen LogP contribution is -2.22. The molecule has 1 aromatic heterocycles. The summed E-state index contributed by atoms with van der Waals surface area (Å²) in [4.78, 5) is 24.7. The van der Waals surface area contributed by atoms with Crippen LogP contribution < -0.4 is 20.1 Å². The van der Waals surface area contributed by atoms with E-state index in [1.807, 2.05) is 17.6 Å². The number of rotatable bonds is 11. The molecule has 9 nitrogen and oxygen atoms in total. The van der Waals surface area contributed by atoms with Crippen LogP contribution in [0.1, 0.15) is 18.3 Å². The second-order valence-corrected chi connectivity index (χ2v) is 9.06. The summed E-state index contributed by atoms with van der Waals surface area (Å²) in [6, 6.07) is 10.2. The third kappa shape index (κ3) is 7.39. The first-order valence-electron chi connectivity index (χ1n) is 10.8. The number of nitrogens with one attached hydrogen (secondary N) is 2. The average Bonchev–Trinajstić information content (AvgIpc) is 3.28. The standard InChI is InChI=1S/C24H25Cl2N5O4S/c1-4-31-21(13-27-22(32)10-6-15-5-9-19(34-2)20(11-15)35-3)29-30-24(31)36-14-23(33)28-18-8-7-16(25)12-17(18)26/h5-12H,4,13-14H2,1-3H3,(H,27,32)(H,28,33)/b10-6+. The molecule has 0 unspecified atom stereocenters. The van der Waals surface area contributed by atoms with Crippen molar-refractivity contribution in [2.75, 3.05) is 25.3 Å². The Morgan fingerprint density at radius 3 is 2.56 bits per heavy atom. The number of ether oxygens (including phenoxy) is 2. The van der Waals surface area contributed by atoms with E-state index < -0.39 is 0 Å². The molecular formula is C24H25Cl2N5O4S. The number of methoxy groups -OCH3 is 2. The summed E-state index contributed by atoms with van der Waals surface area (Å²) >= 11 is 13.2. The molecule has 0 radical (unpaired) electrons. The molecule has 1 heterocycles. The van der Waals surface area contributed by atoms with E-state index in [-0.39, 0.29) is 24.1 Å². The Hall–Kier alpha value is -3.21. The van der Waals surface area contributed by atoms with E-state index in [2.05, 4.69) is 20.8 Å². The predicted molar refractivity (Wildman–Crippen MR) is 142 cm³/mol. The van der Waals surface area contributed by atoms with Gasteiger partial charge in [-0.3, -0.25) is 9.59 Å². The molecule has 0 saturated carbocycles. The van der Waals surface area contributed by atoms with E-state index in [1.165, 1.54) is 17.8 Å². The van der Waals surface area contributed by atoms with Crippen LogP contribution in [0.4, 0.5) is 5.69 Å². The van der Waals surface area contributed by atoms with Gasteiger partial charge in [0.15, 0.2) is 22.5 Å². The smallest absolute Gasteiger partial charge is 0.244 e. The maximum absolute atomic E-state index is 12.3. The summed E-state index contributed by atoms with van der Waals surface area (Å²) in [6.45, 7) is 2.69. The number of amides is 2. The van der Waals surface area contributed by atoms with E-state index in [9.17, 15) is 9.59 Å². The van der Waals surface area contributed by atoms with Gasteiger partial charge in [-0.15, -0.1) is 10.2 Å². The summed E-state index contributed by atoms with van der Waals surface area (Å²) in [6.07, 6.45) is 3.10. The van der Waals surface area contributed by atoms with Gasteiger partial charge in [0.2, 0.25) is 11.8 Å². The number of anilines is 1. The lowest BCUT2D eigenvalue weighted by Gasteiger charge is -2.09. The fraction of sp³-hybridized carbons (Fsp3) is 0.250. The molecular weight excluding hydrogens is 525 g/mol. The number of halogens is 2. The predicted octanol–water partition coefficient (Wildman–Crippen LogP) is 4.68. The van der Waals surface area contributed by atoms with Gasteiger partial charge in [-0.2, -0.15) is 0 Å². The highest BCUT2D eigenvalue weighted by atomic mass is 35.5. The average molecular weight is 550 g/mol. The second-order valence-electron chi connectivity index (χ2n) is 7.27. The number of carbonyl (C=O) groups excluding carboxylic acids is 2. The van der Waals surface area contributed by atoms with E-state index in [0.29, 0.717) is 44.8 Å². The Bertz CT molecular complexity index is 1270. The Balaban J connectivity index is 1.54. The minimum absolute atomic E-state index is 0.109. The SMILES string of the molecule is CCn1c(CNC(=O)/C=C/c2ccc(OC)c(OC)c2)nnc1SCC(=O)Nc1ccc(Cl)cc1Cl. The number of hydrogen-bond acceptors (Lipinski definition) is 7. The Kier molecular flexibility index (Phi) is 10.0. The quantitative estimate of drug-likeness (QED) is 0.264. The molecule has 0 bridgehead atoms. The fourth-order valence-electron chi connectivity index (χ4n) is 3.13. The molecule has 3 rings (SSSR count). The molecule has 3 aromatic rings. The summed E-state index contributed by atoms with van der Waals surface area (Å²) in [5.41, 5.74) is 1.27. The van der Waals surface area contributed by atoms with Crippen LogP contribution in [-0.4, -0.2) is 46.6 Å². The second kappa shape index (κ2) is 13.2. The van der Waals surface area contributed by atoms with Crippen LogP contribution >= 0.6 is 35.0 Å². The first kappa shape index (κ1) is 27.4. The lowest BCUT2D eigenvalue weighted by molar-refractivity contribution is -0.116. The van der Waals surface area contributed by atoms with Crippen molar-refractivity contribution in [1.82, 2.24) is 20.1 Å². The van der Waals surface area contributed by atoms with Crippen molar-refractivity contribution in [3.05, 3.63) is 63.9 Å². The zero-order chi connectivity index (χ0) is 26.1. The van der Waals surface area contributed by atoms with Crippen molar-refractivity contribution in [3.63, 3.8) is 0 Å². The van der Waals surface area contributed by atoms with Crippen molar-refractivity contribution >= 4 is 58.5 Å². The van der Waals surface area contributed by atoms with Crippen molar-refractivity contribution in [1.29, 1.82) is 0 Å². The molecule has 2 aromatic carbocycles. The minimum Gasteiger partial charge on any atom is -0.493 e. The van der Waals surface area contributed by atoms with Crippen LogP contribution in [0, 0.1) is 0 Å². The normalized spacial score (nSPS) is 10.9. The maximum atomic E-state index is 12.3. The highest BCUT2D eigenvalue weighted by molar-refractivity contribution is 7.99. The van der Waals surface area contributed by atoms with Gasteiger partial charge in [-0.25, -0.2) is 0 Å². The van der Waals surface area contributed by atoms with Crippen molar-refractivity contribution in [3.8, 4) is 11.5 Å². The highest BCUT2D eigenvalue weighted by Gasteiger charge is 2.14. The molecule has 36 heavy (non-hydrogen) atoms. The summed E-state index contributed by atoms with van der Waals surface area (Å²) in [5.74, 6) is 1.34. The fourth-order valence-corrected chi connectivity index (χ4v) is 4.41. The molecule has 2 amide bonds. The van der Waals surface area contributed by atoms with Gasteiger partial charge in [0.25, 0.3) is 0 Å². The zero-order valence-electron chi connectivity index (χ0n) is 19.9. The molecule has 0 aliphatic heterocycles. The molecule has 0 aliphatic carbocycles. The monoisotopic (exact) mass is 549 g/mol. The Labute approximate surface area is 223 Å². The van der Waals surface area contributed by atoms with Crippen LogP contribution in [0.15, 0.2) is 47.6 Å². The van der Waals surface area contributed by atoms with Gasteiger partial charge in [-0.05, 0) is 48.9 Å². The van der Waals surface area contributed by atoms with Crippen molar-refractivity contribution in [2.24, 2.45) is 0 Å². The number of nitrogens with zero attached hydrogens (tertiary/aromatic N) is 3. The van der Waals surface area contributed by atoms with Gasteiger partial charge in [0.05, 0.1) is 37.2 Å². The van der Waals surface area contributed by atoms with Gasteiger partial charge < -0.3 is 24.7 Å². The Morgan fingerprint density at radius 2 is 1.86 bits per heavy atom. The van der Waals surface area contributed by atoms with Gasteiger partial charge in [-0.1, -0.05) is 41.0 Å². The maximum Gasteiger partial charge on any atom is 0.244 e.